The van der Waals surface area contributed by atoms with Gasteiger partial charge in [-0.2, -0.15) is 4.31 Å². The molecule has 10 heteroatoms. The maximum Gasteiger partial charge on any atom is 0.248 e. The van der Waals surface area contributed by atoms with Gasteiger partial charge in [0.15, 0.2) is 5.76 Å². The van der Waals surface area contributed by atoms with Crippen LogP contribution in [-0.2, 0) is 21.4 Å². The molecule has 2 aliphatic heterocycles. The van der Waals surface area contributed by atoms with Gasteiger partial charge in [0, 0.05) is 52.0 Å². The van der Waals surface area contributed by atoms with E-state index in [9.17, 15) is 13.2 Å². The molecule has 0 radical (unpaired) electrons. The van der Waals surface area contributed by atoms with E-state index < -0.39 is 10.0 Å². The number of aromatic nitrogens is 2. The van der Waals surface area contributed by atoms with Gasteiger partial charge in [0.2, 0.25) is 15.9 Å². The summed E-state index contributed by atoms with van der Waals surface area (Å²) in [6.45, 7) is 7.50. The quantitative estimate of drug-likeness (QED) is 0.684. The number of nitrogens with zero attached hydrogens (tertiary/aromatic N) is 5. The summed E-state index contributed by atoms with van der Waals surface area (Å²) in [5, 5.41) is 3.78. The molecule has 168 valence electrons. The van der Waals surface area contributed by atoms with Gasteiger partial charge in [-0.25, -0.2) is 8.42 Å². The molecule has 31 heavy (non-hydrogen) atoms. The van der Waals surface area contributed by atoms with Gasteiger partial charge >= 0.3 is 0 Å². The third-order valence-corrected chi connectivity index (χ3v) is 8.21. The first-order chi connectivity index (χ1) is 14.9. The molecule has 0 aliphatic carbocycles. The summed E-state index contributed by atoms with van der Waals surface area (Å²) in [7, 11) is -3.73. The van der Waals surface area contributed by atoms with Crippen LogP contribution in [0.25, 0.3) is 0 Å². The molecule has 1 atom stereocenters. The van der Waals surface area contributed by atoms with Crippen molar-refractivity contribution in [1.82, 2.24) is 24.2 Å². The maximum absolute atomic E-state index is 13.2. The van der Waals surface area contributed by atoms with Crippen molar-refractivity contribution in [1.29, 1.82) is 0 Å². The van der Waals surface area contributed by atoms with Crippen LogP contribution in [0.5, 0.6) is 0 Å². The topological polar surface area (TPSA) is 99.8 Å². The van der Waals surface area contributed by atoms with Crippen LogP contribution in [0.1, 0.15) is 30.0 Å². The van der Waals surface area contributed by atoms with Crippen molar-refractivity contribution >= 4 is 15.9 Å². The van der Waals surface area contributed by atoms with E-state index in [0.29, 0.717) is 38.2 Å². The van der Waals surface area contributed by atoms with E-state index in [1.165, 1.54) is 4.31 Å². The van der Waals surface area contributed by atoms with Crippen molar-refractivity contribution in [3.63, 3.8) is 0 Å². The summed E-state index contributed by atoms with van der Waals surface area (Å²) in [6, 6.07) is 5.89. The Morgan fingerprint density at radius 2 is 1.94 bits per heavy atom. The number of hydrogen-bond acceptors (Lipinski definition) is 7. The van der Waals surface area contributed by atoms with E-state index in [1.54, 1.807) is 20.0 Å². The normalized spacial score (nSPS) is 21.4. The van der Waals surface area contributed by atoms with Gasteiger partial charge in [0.25, 0.3) is 0 Å². The first kappa shape index (κ1) is 21.9. The van der Waals surface area contributed by atoms with Crippen molar-refractivity contribution in [3.8, 4) is 0 Å². The first-order valence-corrected chi connectivity index (χ1v) is 12.1. The number of carbonyl (C=O) groups excluding carboxylic acids is 1. The zero-order valence-electron chi connectivity index (χ0n) is 18.0. The zero-order chi connectivity index (χ0) is 22.0. The molecule has 0 aromatic carbocycles. The van der Waals surface area contributed by atoms with Crippen LogP contribution >= 0.6 is 0 Å². The van der Waals surface area contributed by atoms with Crippen LogP contribution in [-0.4, -0.2) is 77.8 Å². The summed E-state index contributed by atoms with van der Waals surface area (Å²) in [4.78, 5) is 21.8. The van der Waals surface area contributed by atoms with Gasteiger partial charge in [-0.15, -0.1) is 0 Å². The minimum absolute atomic E-state index is 0.0520. The Morgan fingerprint density at radius 3 is 2.58 bits per heavy atom. The van der Waals surface area contributed by atoms with Crippen molar-refractivity contribution in [2.75, 3.05) is 39.3 Å². The lowest BCUT2D eigenvalue weighted by atomic mass is 9.97. The van der Waals surface area contributed by atoms with Crippen molar-refractivity contribution in [2.24, 2.45) is 5.92 Å². The Kier molecular flexibility index (Phi) is 6.40. The smallest absolute Gasteiger partial charge is 0.248 e. The monoisotopic (exact) mass is 447 g/mol. The van der Waals surface area contributed by atoms with Crippen LogP contribution < -0.4 is 0 Å². The highest BCUT2D eigenvalue weighted by Gasteiger charge is 2.38. The molecule has 1 amide bonds. The molecular formula is C21H29N5O4S. The summed E-state index contributed by atoms with van der Waals surface area (Å²) in [6.07, 6.45) is 3.17. The van der Waals surface area contributed by atoms with Gasteiger partial charge in [-0.3, -0.25) is 14.7 Å². The van der Waals surface area contributed by atoms with Gasteiger partial charge in [-0.05, 0) is 38.8 Å². The van der Waals surface area contributed by atoms with Crippen LogP contribution in [0.4, 0.5) is 0 Å². The zero-order valence-corrected chi connectivity index (χ0v) is 18.8. The molecule has 1 unspecified atom stereocenters. The van der Waals surface area contributed by atoms with Gasteiger partial charge in [0.05, 0.1) is 11.6 Å². The number of pyridine rings is 1. The predicted octanol–water partition coefficient (Wildman–Crippen LogP) is 1.43. The Balaban J connectivity index is 1.36. The molecule has 2 aromatic rings. The third kappa shape index (κ3) is 4.65. The lowest BCUT2D eigenvalue weighted by Crippen LogP contribution is -2.52. The van der Waals surface area contributed by atoms with Crippen LogP contribution in [0.15, 0.2) is 33.8 Å². The standard InChI is InChI=1S/C21H29N5O4S/c1-16-20(17(2)30-23-16)31(28,29)26-9-5-6-18(14-26)21(27)25-12-10-24(11-13-25)15-19-7-3-4-8-22-19/h3-4,7-8,18H,5-6,9-15H2,1-2H3. The van der Waals surface area contributed by atoms with E-state index >= 15 is 0 Å². The highest BCUT2D eigenvalue weighted by molar-refractivity contribution is 7.89. The molecular weight excluding hydrogens is 418 g/mol. The fraction of sp³-hybridized carbons (Fsp3) is 0.571. The summed E-state index contributed by atoms with van der Waals surface area (Å²) < 4.78 is 32.8. The van der Waals surface area contributed by atoms with Crippen LogP contribution in [0.3, 0.4) is 0 Å². The molecule has 4 rings (SSSR count). The number of rotatable bonds is 5. The van der Waals surface area contributed by atoms with E-state index in [4.69, 9.17) is 4.52 Å². The molecule has 9 nitrogen and oxygen atoms in total. The number of piperazine rings is 1. The fourth-order valence-electron chi connectivity index (χ4n) is 4.44. The second-order valence-corrected chi connectivity index (χ2v) is 10.2. The third-order valence-electron chi connectivity index (χ3n) is 6.09. The summed E-state index contributed by atoms with van der Waals surface area (Å²) in [5.74, 6) is 0.0254. The van der Waals surface area contributed by atoms with Crippen molar-refractivity contribution in [3.05, 3.63) is 41.5 Å². The molecule has 0 N–H and O–H groups in total. The number of piperidine rings is 1. The Bertz CT molecular complexity index is 996. The fourth-order valence-corrected chi connectivity index (χ4v) is 6.25. The van der Waals surface area contributed by atoms with E-state index in [1.807, 2.05) is 23.1 Å². The minimum Gasteiger partial charge on any atom is -0.360 e. The van der Waals surface area contributed by atoms with Gasteiger partial charge < -0.3 is 9.42 Å². The average molecular weight is 448 g/mol. The van der Waals surface area contributed by atoms with Crippen LogP contribution in [0, 0.1) is 19.8 Å². The molecule has 0 bridgehead atoms. The van der Waals surface area contributed by atoms with Crippen molar-refractivity contribution < 1.29 is 17.7 Å². The molecule has 2 fully saturated rings. The second kappa shape index (κ2) is 9.05. The number of sulfonamides is 1. The van der Waals surface area contributed by atoms with Gasteiger partial charge in [0.1, 0.15) is 10.6 Å². The Morgan fingerprint density at radius 1 is 1.16 bits per heavy atom. The number of aryl methyl sites for hydroxylation is 2. The SMILES string of the molecule is Cc1noc(C)c1S(=O)(=O)N1CCCC(C(=O)N2CCN(Cc3ccccn3)CC2)C1. The van der Waals surface area contributed by atoms with E-state index in [2.05, 4.69) is 15.0 Å². The lowest BCUT2D eigenvalue weighted by molar-refractivity contribution is -0.138. The van der Waals surface area contributed by atoms with Gasteiger partial charge in [-0.1, -0.05) is 11.2 Å². The molecule has 0 saturated carbocycles. The maximum atomic E-state index is 13.2. The number of carbonyl (C=O) groups is 1. The van der Waals surface area contributed by atoms with Crippen LogP contribution in [0.2, 0.25) is 0 Å². The summed E-state index contributed by atoms with van der Waals surface area (Å²) >= 11 is 0. The van der Waals surface area contributed by atoms with Crippen molar-refractivity contribution in [2.45, 2.75) is 38.1 Å². The van der Waals surface area contributed by atoms with E-state index in [0.717, 1.165) is 25.3 Å². The Hall–Kier alpha value is -2.30. The molecule has 0 spiro atoms. The average Bonchev–Trinajstić information content (AvgIpc) is 3.13. The number of hydrogen-bond donors (Lipinski definition) is 0. The molecule has 2 aromatic heterocycles. The molecule has 2 aliphatic rings. The highest BCUT2D eigenvalue weighted by Crippen LogP contribution is 2.28. The first-order valence-electron chi connectivity index (χ1n) is 10.7. The summed E-state index contributed by atoms with van der Waals surface area (Å²) in [5.41, 5.74) is 1.38. The van der Waals surface area contributed by atoms with E-state index in [-0.39, 0.29) is 29.0 Å². The minimum atomic E-state index is -3.73. The highest BCUT2D eigenvalue weighted by atomic mass is 32.2. The second-order valence-electron chi connectivity index (χ2n) is 8.28. The number of amides is 1. The molecule has 2 saturated heterocycles. The predicted molar refractivity (Wildman–Crippen MR) is 114 cm³/mol. The molecule has 4 heterocycles. The largest absolute Gasteiger partial charge is 0.360 e. The lowest BCUT2D eigenvalue weighted by Gasteiger charge is -2.38. The Labute approximate surface area is 183 Å².